The second-order valence-corrected chi connectivity index (χ2v) is 7.22. The number of hydrogen-bond donors (Lipinski definition) is 2. The van der Waals surface area contributed by atoms with Crippen LogP contribution in [0.15, 0.2) is 27.6 Å². The molecule has 0 atom stereocenters. The quantitative estimate of drug-likeness (QED) is 0.803. The molecule has 1 aromatic carbocycles. The van der Waals surface area contributed by atoms with Crippen LogP contribution in [0.1, 0.15) is 19.3 Å². The number of halogens is 2. The van der Waals surface area contributed by atoms with Gasteiger partial charge in [-0.15, -0.1) is 0 Å². The van der Waals surface area contributed by atoms with Gasteiger partial charge in [0.25, 0.3) is 0 Å². The van der Waals surface area contributed by atoms with Crippen LogP contribution in [0.3, 0.4) is 0 Å². The van der Waals surface area contributed by atoms with Crippen molar-refractivity contribution in [2.45, 2.75) is 30.2 Å². The molecule has 0 aliphatic heterocycles. The van der Waals surface area contributed by atoms with Crippen LogP contribution in [0.4, 0.5) is 4.39 Å². The van der Waals surface area contributed by atoms with Gasteiger partial charge >= 0.3 is 0 Å². The van der Waals surface area contributed by atoms with Crippen molar-refractivity contribution in [3.63, 3.8) is 0 Å². The van der Waals surface area contributed by atoms with Crippen LogP contribution < -0.4 is 10.0 Å². The summed E-state index contributed by atoms with van der Waals surface area (Å²) >= 11 is 3.06. The van der Waals surface area contributed by atoms with Crippen LogP contribution in [0.2, 0.25) is 0 Å². The fourth-order valence-electron chi connectivity index (χ4n) is 1.60. The van der Waals surface area contributed by atoms with E-state index in [0.717, 1.165) is 18.9 Å². The van der Waals surface area contributed by atoms with Crippen molar-refractivity contribution >= 4 is 31.9 Å². The molecule has 2 rings (SSSR count). The molecule has 1 aliphatic carbocycles. The minimum absolute atomic E-state index is 0.0356. The van der Waals surface area contributed by atoms with E-state index in [4.69, 9.17) is 0 Å². The summed E-state index contributed by atoms with van der Waals surface area (Å²) in [6.45, 7) is -0.0591. The summed E-state index contributed by atoms with van der Waals surface area (Å²) in [4.78, 5) is 11.0. The van der Waals surface area contributed by atoms with Gasteiger partial charge in [0, 0.05) is 23.5 Å². The highest BCUT2D eigenvalue weighted by molar-refractivity contribution is 9.10. The lowest BCUT2D eigenvalue weighted by Crippen LogP contribution is -2.32. The third-order valence-electron chi connectivity index (χ3n) is 2.77. The van der Waals surface area contributed by atoms with E-state index in [1.807, 2.05) is 0 Å². The summed E-state index contributed by atoms with van der Waals surface area (Å²) in [5.74, 6) is -1.04. The normalized spacial score (nSPS) is 15.1. The zero-order valence-corrected chi connectivity index (χ0v) is 12.9. The van der Waals surface area contributed by atoms with Gasteiger partial charge in [-0.2, -0.15) is 0 Å². The Morgan fingerprint density at radius 1 is 1.40 bits per heavy atom. The second-order valence-electron chi connectivity index (χ2n) is 4.56. The Morgan fingerprint density at radius 3 is 2.70 bits per heavy atom. The molecule has 110 valence electrons. The van der Waals surface area contributed by atoms with E-state index < -0.39 is 20.7 Å². The van der Waals surface area contributed by atoms with Crippen molar-refractivity contribution in [1.29, 1.82) is 0 Å². The van der Waals surface area contributed by atoms with E-state index in [1.54, 1.807) is 0 Å². The lowest BCUT2D eigenvalue weighted by atomic mass is 10.3. The fraction of sp³-hybridized carbons (Fsp3) is 0.417. The Kier molecular flexibility index (Phi) is 4.77. The van der Waals surface area contributed by atoms with Crippen molar-refractivity contribution in [2.24, 2.45) is 0 Å². The van der Waals surface area contributed by atoms with E-state index in [1.165, 1.54) is 12.1 Å². The lowest BCUT2D eigenvalue weighted by Gasteiger charge is -2.08. The molecule has 1 fully saturated rings. The smallest absolute Gasteiger partial charge is 0.243 e. The Hall–Kier alpha value is -0.990. The maximum absolute atomic E-state index is 13.6. The van der Waals surface area contributed by atoms with E-state index in [9.17, 15) is 17.6 Å². The minimum atomic E-state index is -3.94. The Balaban J connectivity index is 1.91. The number of carbonyl (C=O) groups is 1. The van der Waals surface area contributed by atoms with Crippen molar-refractivity contribution in [1.82, 2.24) is 10.0 Å². The first kappa shape index (κ1) is 15.4. The van der Waals surface area contributed by atoms with Crippen molar-refractivity contribution in [3.05, 3.63) is 28.5 Å². The Morgan fingerprint density at radius 2 is 2.10 bits per heavy atom. The topological polar surface area (TPSA) is 75.3 Å². The summed E-state index contributed by atoms with van der Waals surface area (Å²) < 4.78 is 40.0. The molecule has 20 heavy (non-hydrogen) atoms. The summed E-state index contributed by atoms with van der Waals surface area (Å²) in [5.41, 5.74) is 0. The summed E-state index contributed by atoms with van der Waals surface area (Å²) in [6.07, 6.45) is 1.98. The zero-order chi connectivity index (χ0) is 14.8. The third-order valence-corrected chi connectivity index (χ3v) is 4.76. The molecular weight excluding hydrogens is 351 g/mol. The molecule has 5 nitrogen and oxygen atoms in total. The Labute approximate surface area is 125 Å². The number of nitrogens with one attached hydrogen (secondary N) is 2. The van der Waals surface area contributed by atoms with Gasteiger partial charge in [-0.25, -0.2) is 17.5 Å². The van der Waals surface area contributed by atoms with E-state index >= 15 is 0 Å². The van der Waals surface area contributed by atoms with Gasteiger partial charge in [0.15, 0.2) is 0 Å². The maximum atomic E-state index is 13.6. The minimum Gasteiger partial charge on any atom is -0.353 e. The molecule has 0 aromatic heterocycles. The number of rotatable bonds is 6. The van der Waals surface area contributed by atoms with Gasteiger partial charge in [0.2, 0.25) is 15.9 Å². The number of hydrogen-bond acceptors (Lipinski definition) is 3. The number of carbonyl (C=O) groups excluding carboxylic acids is 1. The number of sulfonamides is 1. The first-order chi connectivity index (χ1) is 9.38. The second kappa shape index (κ2) is 6.19. The maximum Gasteiger partial charge on any atom is 0.243 e. The van der Waals surface area contributed by atoms with Crippen molar-refractivity contribution in [2.75, 3.05) is 6.54 Å². The molecule has 0 heterocycles. The van der Waals surface area contributed by atoms with Gasteiger partial charge in [0.1, 0.15) is 10.7 Å². The molecule has 8 heteroatoms. The highest BCUT2D eigenvalue weighted by Crippen LogP contribution is 2.19. The first-order valence-corrected chi connectivity index (χ1v) is 8.40. The molecule has 1 aliphatic rings. The van der Waals surface area contributed by atoms with E-state index in [0.29, 0.717) is 4.47 Å². The van der Waals surface area contributed by atoms with Crippen molar-refractivity contribution in [3.8, 4) is 0 Å². The molecule has 0 unspecified atom stereocenters. The van der Waals surface area contributed by atoms with Gasteiger partial charge in [0.05, 0.1) is 0 Å². The first-order valence-electron chi connectivity index (χ1n) is 6.12. The zero-order valence-electron chi connectivity index (χ0n) is 10.5. The molecule has 0 bridgehead atoms. The highest BCUT2D eigenvalue weighted by Gasteiger charge is 2.23. The highest BCUT2D eigenvalue weighted by atomic mass is 79.9. The molecule has 1 saturated carbocycles. The van der Waals surface area contributed by atoms with Crippen LogP contribution in [0.25, 0.3) is 0 Å². The van der Waals surface area contributed by atoms with E-state index in [2.05, 4.69) is 26.0 Å². The van der Waals surface area contributed by atoms with Crippen LogP contribution >= 0.6 is 15.9 Å². The predicted octanol–water partition coefficient (Wildman–Crippen LogP) is 1.54. The van der Waals surface area contributed by atoms with Crippen LogP contribution in [-0.2, 0) is 14.8 Å². The fourth-order valence-corrected chi connectivity index (χ4v) is 3.02. The van der Waals surface area contributed by atoms with E-state index in [-0.39, 0.29) is 24.9 Å². The molecular formula is C12H14BrFN2O3S. The predicted molar refractivity (Wildman–Crippen MR) is 75.1 cm³/mol. The largest absolute Gasteiger partial charge is 0.353 e. The van der Waals surface area contributed by atoms with Gasteiger partial charge in [-0.1, -0.05) is 15.9 Å². The molecule has 1 aromatic rings. The summed E-state index contributed by atoms with van der Waals surface area (Å²) in [6, 6.07) is 3.93. The number of benzene rings is 1. The van der Waals surface area contributed by atoms with Crippen molar-refractivity contribution < 1.29 is 17.6 Å². The molecule has 1 amide bonds. The lowest BCUT2D eigenvalue weighted by molar-refractivity contribution is -0.121. The average molecular weight is 365 g/mol. The molecule has 2 N–H and O–H groups in total. The molecule has 0 radical (unpaired) electrons. The molecule has 0 saturated heterocycles. The monoisotopic (exact) mass is 364 g/mol. The van der Waals surface area contributed by atoms with Crippen LogP contribution in [0.5, 0.6) is 0 Å². The summed E-state index contributed by atoms with van der Waals surface area (Å²) in [7, 11) is -3.94. The van der Waals surface area contributed by atoms with Crippen LogP contribution in [-0.4, -0.2) is 26.9 Å². The number of amides is 1. The van der Waals surface area contributed by atoms with Gasteiger partial charge in [-0.3, -0.25) is 4.79 Å². The molecule has 0 spiro atoms. The Bertz CT molecular complexity index is 617. The third kappa shape index (κ3) is 4.26. The standard InChI is InChI=1S/C12H14BrFN2O3S/c13-8-1-4-11(10(14)7-8)20(18,19)15-6-5-12(17)16-9-2-3-9/h1,4,7,9,15H,2-3,5-6H2,(H,16,17). The SMILES string of the molecule is O=C(CCNS(=O)(=O)c1ccc(Br)cc1F)NC1CC1. The summed E-state index contributed by atoms with van der Waals surface area (Å²) in [5, 5.41) is 2.74. The van der Waals surface area contributed by atoms with Gasteiger partial charge < -0.3 is 5.32 Å². The van der Waals surface area contributed by atoms with Gasteiger partial charge in [-0.05, 0) is 31.0 Å². The van der Waals surface area contributed by atoms with Crippen LogP contribution in [0, 0.1) is 5.82 Å². The average Bonchev–Trinajstić information content (AvgIpc) is 3.11.